The zero-order chi connectivity index (χ0) is 18.0. The Morgan fingerprint density at radius 1 is 1.04 bits per heavy atom. The first-order chi connectivity index (χ1) is 12.0. The SMILES string of the molecule is O=C(NCCN1C(=O)CCc2ccccc21)c1ccc(F)c(F)c1F. The molecule has 3 rings (SSSR count). The highest BCUT2D eigenvalue weighted by atomic mass is 19.2. The summed E-state index contributed by atoms with van der Waals surface area (Å²) in [6.07, 6.45) is 1.04. The lowest BCUT2D eigenvalue weighted by atomic mass is 10.0. The molecule has 0 aliphatic carbocycles. The van der Waals surface area contributed by atoms with Gasteiger partial charge in [-0.05, 0) is 30.2 Å². The number of halogens is 3. The number of amides is 2. The lowest BCUT2D eigenvalue weighted by Gasteiger charge is -2.29. The normalized spacial score (nSPS) is 13.6. The summed E-state index contributed by atoms with van der Waals surface area (Å²) in [5.41, 5.74) is 1.25. The standard InChI is InChI=1S/C18H15F3N2O2/c19-13-7-6-12(16(20)17(13)21)18(25)22-9-10-23-14-4-2-1-3-11(14)5-8-15(23)24/h1-4,6-7H,5,8-10H2,(H,22,25). The molecule has 130 valence electrons. The van der Waals surface area contributed by atoms with E-state index >= 15 is 0 Å². The average Bonchev–Trinajstić information content (AvgIpc) is 2.61. The third kappa shape index (κ3) is 3.35. The fraction of sp³-hybridized carbons (Fsp3) is 0.222. The molecule has 0 radical (unpaired) electrons. The van der Waals surface area contributed by atoms with Crippen molar-refractivity contribution in [2.24, 2.45) is 0 Å². The highest BCUT2D eigenvalue weighted by Crippen LogP contribution is 2.26. The number of anilines is 1. The minimum absolute atomic E-state index is 0.0529. The van der Waals surface area contributed by atoms with Crippen molar-refractivity contribution in [2.45, 2.75) is 12.8 Å². The molecule has 0 saturated carbocycles. The molecule has 0 aromatic heterocycles. The van der Waals surface area contributed by atoms with Gasteiger partial charge in [0.1, 0.15) is 0 Å². The molecular formula is C18H15F3N2O2. The summed E-state index contributed by atoms with van der Waals surface area (Å²) in [7, 11) is 0. The maximum atomic E-state index is 13.6. The number of nitrogens with one attached hydrogen (secondary N) is 1. The van der Waals surface area contributed by atoms with Gasteiger partial charge in [0.2, 0.25) is 5.91 Å². The van der Waals surface area contributed by atoms with Gasteiger partial charge in [-0.2, -0.15) is 0 Å². The monoisotopic (exact) mass is 348 g/mol. The molecule has 1 aliphatic heterocycles. The van der Waals surface area contributed by atoms with Crippen molar-refractivity contribution in [1.29, 1.82) is 0 Å². The first-order valence-corrected chi connectivity index (χ1v) is 7.79. The van der Waals surface area contributed by atoms with Crippen molar-refractivity contribution in [1.82, 2.24) is 5.32 Å². The van der Waals surface area contributed by atoms with Crippen LogP contribution in [-0.2, 0) is 11.2 Å². The number of carbonyl (C=O) groups is 2. The van der Waals surface area contributed by atoms with Crippen LogP contribution in [0.5, 0.6) is 0 Å². The second kappa shape index (κ2) is 6.96. The summed E-state index contributed by atoms with van der Waals surface area (Å²) < 4.78 is 39.7. The fourth-order valence-electron chi connectivity index (χ4n) is 2.82. The number of nitrogens with zero attached hydrogens (tertiary/aromatic N) is 1. The van der Waals surface area contributed by atoms with Gasteiger partial charge in [0.05, 0.1) is 5.56 Å². The third-order valence-corrected chi connectivity index (χ3v) is 4.09. The van der Waals surface area contributed by atoms with Gasteiger partial charge in [-0.3, -0.25) is 9.59 Å². The molecular weight excluding hydrogens is 333 g/mol. The second-order valence-electron chi connectivity index (χ2n) is 5.65. The minimum atomic E-state index is -1.69. The Hall–Kier alpha value is -2.83. The summed E-state index contributed by atoms with van der Waals surface area (Å²) in [4.78, 5) is 25.6. The van der Waals surface area contributed by atoms with Crippen LogP contribution < -0.4 is 10.2 Å². The topological polar surface area (TPSA) is 49.4 Å². The van der Waals surface area contributed by atoms with E-state index in [9.17, 15) is 22.8 Å². The van der Waals surface area contributed by atoms with Crippen molar-refractivity contribution < 1.29 is 22.8 Å². The number of rotatable bonds is 4. The van der Waals surface area contributed by atoms with Crippen molar-refractivity contribution in [2.75, 3.05) is 18.0 Å². The van der Waals surface area contributed by atoms with Gasteiger partial charge in [-0.15, -0.1) is 0 Å². The Morgan fingerprint density at radius 2 is 1.80 bits per heavy atom. The fourth-order valence-corrected chi connectivity index (χ4v) is 2.82. The van der Waals surface area contributed by atoms with Crippen LogP contribution in [0.4, 0.5) is 18.9 Å². The predicted molar refractivity (Wildman–Crippen MR) is 85.8 cm³/mol. The van der Waals surface area contributed by atoms with Crippen molar-refractivity contribution >= 4 is 17.5 Å². The highest BCUT2D eigenvalue weighted by Gasteiger charge is 2.24. The van der Waals surface area contributed by atoms with Gasteiger partial charge in [-0.25, -0.2) is 13.2 Å². The summed E-state index contributed by atoms with van der Waals surface area (Å²) in [6.45, 7) is 0.254. The van der Waals surface area contributed by atoms with Gasteiger partial charge in [0.25, 0.3) is 5.91 Å². The summed E-state index contributed by atoms with van der Waals surface area (Å²) in [5.74, 6) is -5.50. The zero-order valence-corrected chi connectivity index (χ0v) is 13.2. The lowest BCUT2D eigenvalue weighted by Crippen LogP contribution is -2.41. The van der Waals surface area contributed by atoms with Gasteiger partial charge < -0.3 is 10.2 Å². The van der Waals surface area contributed by atoms with Crippen LogP contribution in [0, 0.1) is 17.5 Å². The van der Waals surface area contributed by atoms with E-state index in [2.05, 4.69) is 5.32 Å². The second-order valence-corrected chi connectivity index (χ2v) is 5.65. The number of aryl methyl sites for hydroxylation is 1. The number of para-hydroxylation sites is 1. The largest absolute Gasteiger partial charge is 0.350 e. The van der Waals surface area contributed by atoms with Gasteiger partial charge in [0, 0.05) is 25.2 Å². The van der Waals surface area contributed by atoms with Crippen LogP contribution in [0.2, 0.25) is 0 Å². The Kier molecular flexibility index (Phi) is 4.74. The first-order valence-electron chi connectivity index (χ1n) is 7.79. The number of benzene rings is 2. The lowest BCUT2D eigenvalue weighted by molar-refractivity contribution is -0.118. The number of hydrogen-bond acceptors (Lipinski definition) is 2. The number of fused-ring (bicyclic) bond motifs is 1. The van der Waals surface area contributed by atoms with E-state index in [0.29, 0.717) is 18.9 Å². The van der Waals surface area contributed by atoms with E-state index in [4.69, 9.17) is 0 Å². The molecule has 0 saturated heterocycles. The average molecular weight is 348 g/mol. The molecule has 1 aliphatic rings. The maximum Gasteiger partial charge on any atom is 0.254 e. The maximum absolute atomic E-state index is 13.6. The smallest absolute Gasteiger partial charge is 0.254 e. The van der Waals surface area contributed by atoms with Crippen LogP contribution in [0.15, 0.2) is 36.4 Å². The quantitative estimate of drug-likeness (QED) is 0.864. The van der Waals surface area contributed by atoms with Crippen molar-refractivity contribution in [3.63, 3.8) is 0 Å². The van der Waals surface area contributed by atoms with Crippen LogP contribution in [-0.4, -0.2) is 24.9 Å². The molecule has 0 bridgehead atoms. The zero-order valence-electron chi connectivity index (χ0n) is 13.2. The number of hydrogen-bond donors (Lipinski definition) is 1. The Labute approximate surface area is 142 Å². The molecule has 4 nitrogen and oxygen atoms in total. The molecule has 7 heteroatoms. The first kappa shape index (κ1) is 17.0. The predicted octanol–water partition coefficient (Wildman–Crippen LogP) is 2.81. The van der Waals surface area contributed by atoms with Crippen LogP contribution in [0.1, 0.15) is 22.3 Å². The molecule has 1 N–H and O–H groups in total. The van der Waals surface area contributed by atoms with E-state index in [1.165, 1.54) is 0 Å². The van der Waals surface area contributed by atoms with Gasteiger partial charge in [-0.1, -0.05) is 18.2 Å². The molecule has 2 amide bonds. The highest BCUT2D eigenvalue weighted by molar-refractivity contribution is 5.97. The minimum Gasteiger partial charge on any atom is -0.350 e. The Bertz CT molecular complexity index is 839. The number of carbonyl (C=O) groups excluding carboxylic acids is 2. The van der Waals surface area contributed by atoms with E-state index in [-0.39, 0.29) is 19.0 Å². The molecule has 0 unspecified atom stereocenters. The third-order valence-electron chi connectivity index (χ3n) is 4.09. The Balaban J connectivity index is 1.66. The van der Waals surface area contributed by atoms with E-state index in [0.717, 1.165) is 17.3 Å². The molecule has 0 fully saturated rings. The molecule has 2 aromatic rings. The molecule has 1 heterocycles. The van der Waals surface area contributed by atoms with Crippen LogP contribution in [0.25, 0.3) is 0 Å². The van der Waals surface area contributed by atoms with Crippen LogP contribution in [0.3, 0.4) is 0 Å². The summed E-state index contributed by atoms with van der Waals surface area (Å²) in [5, 5.41) is 2.42. The van der Waals surface area contributed by atoms with E-state index < -0.39 is 28.9 Å². The Morgan fingerprint density at radius 3 is 2.60 bits per heavy atom. The molecule has 0 atom stereocenters. The van der Waals surface area contributed by atoms with Crippen molar-refractivity contribution in [3.8, 4) is 0 Å². The van der Waals surface area contributed by atoms with Gasteiger partial charge >= 0.3 is 0 Å². The summed E-state index contributed by atoms with van der Waals surface area (Å²) in [6, 6.07) is 9.04. The van der Waals surface area contributed by atoms with E-state index in [1.54, 1.807) is 4.90 Å². The van der Waals surface area contributed by atoms with Crippen molar-refractivity contribution in [3.05, 3.63) is 65.0 Å². The van der Waals surface area contributed by atoms with Gasteiger partial charge in [0.15, 0.2) is 17.5 Å². The summed E-state index contributed by atoms with van der Waals surface area (Å²) >= 11 is 0. The van der Waals surface area contributed by atoms with Crippen LogP contribution >= 0.6 is 0 Å². The molecule has 0 spiro atoms. The molecule has 2 aromatic carbocycles. The van der Waals surface area contributed by atoms with E-state index in [1.807, 2.05) is 24.3 Å². The molecule has 25 heavy (non-hydrogen) atoms.